The first-order valence-corrected chi connectivity index (χ1v) is 7.77. The maximum Gasteiger partial charge on any atom is 0.144 e. The molecule has 0 spiro atoms. The van der Waals surface area contributed by atoms with Crippen molar-refractivity contribution in [3.63, 3.8) is 0 Å². The molecule has 2 heterocycles. The van der Waals surface area contributed by atoms with Crippen LogP contribution < -0.4 is 0 Å². The number of ketones is 1. The van der Waals surface area contributed by atoms with E-state index in [0.29, 0.717) is 18.9 Å². The van der Waals surface area contributed by atoms with Gasteiger partial charge >= 0.3 is 0 Å². The number of carbonyl (C=O) groups is 1. The largest absolute Gasteiger partial charge is 0.299 e. The normalized spacial score (nSPS) is 16.0. The van der Waals surface area contributed by atoms with E-state index in [1.54, 1.807) is 6.20 Å². The highest BCUT2D eigenvalue weighted by molar-refractivity contribution is 5.82. The fraction of sp³-hybridized carbons (Fsp3) is 0.471. The summed E-state index contributed by atoms with van der Waals surface area (Å²) < 4.78 is 2.06. The van der Waals surface area contributed by atoms with Gasteiger partial charge in [0.1, 0.15) is 5.78 Å². The van der Waals surface area contributed by atoms with E-state index < -0.39 is 0 Å². The molecule has 4 heteroatoms. The Labute approximate surface area is 125 Å². The van der Waals surface area contributed by atoms with Crippen LogP contribution in [0, 0.1) is 0 Å². The van der Waals surface area contributed by atoms with Crippen molar-refractivity contribution >= 4 is 5.78 Å². The average Bonchev–Trinajstić information content (AvgIpc) is 2.97. The lowest BCUT2D eigenvalue weighted by molar-refractivity contribution is -0.117. The van der Waals surface area contributed by atoms with Gasteiger partial charge in [-0.1, -0.05) is 25.3 Å². The molecular formula is C17H21N3O. The molecule has 1 aliphatic carbocycles. The number of nitrogens with zero attached hydrogens (tertiary/aromatic N) is 3. The highest BCUT2D eigenvalue weighted by Gasteiger charge is 2.16. The molecule has 1 saturated carbocycles. The second-order valence-electron chi connectivity index (χ2n) is 5.79. The summed E-state index contributed by atoms with van der Waals surface area (Å²) in [5.41, 5.74) is 1.70. The van der Waals surface area contributed by atoms with E-state index in [9.17, 15) is 4.79 Å². The molecule has 110 valence electrons. The molecule has 2 aromatic heterocycles. The first-order chi connectivity index (χ1) is 10.3. The van der Waals surface area contributed by atoms with Crippen LogP contribution in [0.1, 0.15) is 49.5 Å². The molecule has 0 atom stereocenters. The maximum atomic E-state index is 12.1. The van der Waals surface area contributed by atoms with Crippen molar-refractivity contribution < 1.29 is 4.79 Å². The van der Waals surface area contributed by atoms with Crippen LogP contribution in [-0.4, -0.2) is 20.5 Å². The van der Waals surface area contributed by atoms with Gasteiger partial charge in [0.15, 0.2) is 0 Å². The highest BCUT2D eigenvalue weighted by atomic mass is 16.1. The standard InChI is InChI=1S/C17H21N3O/c21-17(12-14-6-4-5-10-18-14)13-15-9-11-20(19-15)16-7-2-1-3-8-16/h4-6,9-11,16H,1-3,7-8,12-13H2. The predicted octanol–water partition coefficient (Wildman–Crippen LogP) is 3.14. The van der Waals surface area contributed by atoms with E-state index in [-0.39, 0.29) is 5.78 Å². The fourth-order valence-corrected chi connectivity index (χ4v) is 2.99. The number of hydrogen-bond acceptors (Lipinski definition) is 3. The first-order valence-electron chi connectivity index (χ1n) is 7.77. The van der Waals surface area contributed by atoms with Crippen LogP contribution >= 0.6 is 0 Å². The fourth-order valence-electron chi connectivity index (χ4n) is 2.99. The number of carbonyl (C=O) groups excluding carboxylic acids is 1. The summed E-state index contributed by atoms with van der Waals surface area (Å²) in [7, 11) is 0. The summed E-state index contributed by atoms with van der Waals surface area (Å²) in [6, 6.07) is 8.16. The van der Waals surface area contributed by atoms with Gasteiger partial charge in [0.2, 0.25) is 0 Å². The van der Waals surface area contributed by atoms with Crippen molar-refractivity contribution in [2.24, 2.45) is 0 Å². The Morgan fingerprint density at radius 3 is 2.67 bits per heavy atom. The van der Waals surface area contributed by atoms with Crippen LogP contribution in [-0.2, 0) is 17.6 Å². The molecule has 4 nitrogen and oxygen atoms in total. The van der Waals surface area contributed by atoms with Crippen molar-refractivity contribution in [3.05, 3.63) is 48.0 Å². The molecule has 0 unspecified atom stereocenters. The quantitative estimate of drug-likeness (QED) is 0.847. The zero-order valence-electron chi connectivity index (χ0n) is 12.2. The van der Waals surface area contributed by atoms with Crippen molar-refractivity contribution in [1.29, 1.82) is 0 Å². The number of hydrogen-bond donors (Lipinski definition) is 0. The first kappa shape index (κ1) is 14.0. The SMILES string of the molecule is O=C(Cc1ccccn1)Cc1ccn(C2CCCCC2)n1. The molecule has 21 heavy (non-hydrogen) atoms. The monoisotopic (exact) mass is 283 g/mol. The molecule has 1 aliphatic rings. The van der Waals surface area contributed by atoms with Gasteiger partial charge < -0.3 is 0 Å². The van der Waals surface area contributed by atoms with Crippen molar-refractivity contribution in [2.45, 2.75) is 51.0 Å². The van der Waals surface area contributed by atoms with Gasteiger partial charge in [-0.2, -0.15) is 5.10 Å². The summed E-state index contributed by atoms with van der Waals surface area (Å²) in [6.45, 7) is 0. The summed E-state index contributed by atoms with van der Waals surface area (Å²) >= 11 is 0. The van der Waals surface area contributed by atoms with Crippen LogP contribution in [0.2, 0.25) is 0 Å². The zero-order valence-corrected chi connectivity index (χ0v) is 12.2. The van der Waals surface area contributed by atoms with Gasteiger partial charge in [0, 0.05) is 24.5 Å². The minimum Gasteiger partial charge on any atom is -0.299 e. The summed E-state index contributed by atoms with van der Waals surface area (Å²) in [6.07, 6.45) is 10.9. The smallest absolute Gasteiger partial charge is 0.144 e. The number of rotatable bonds is 5. The second kappa shape index (κ2) is 6.66. The van der Waals surface area contributed by atoms with Crippen molar-refractivity contribution in [2.75, 3.05) is 0 Å². The molecule has 0 amide bonds. The topological polar surface area (TPSA) is 47.8 Å². The van der Waals surface area contributed by atoms with E-state index in [2.05, 4.69) is 14.8 Å². The van der Waals surface area contributed by atoms with E-state index in [1.165, 1.54) is 32.1 Å². The van der Waals surface area contributed by atoms with Gasteiger partial charge in [0.05, 0.1) is 18.2 Å². The second-order valence-corrected chi connectivity index (χ2v) is 5.79. The third kappa shape index (κ3) is 3.78. The lowest BCUT2D eigenvalue weighted by Crippen LogP contribution is -2.14. The van der Waals surface area contributed by atoms with Gasteiger partial charge in [-0.05, 0) is 31.0 Å². The minimum atomic E-state index is 0.169. The zero-order chi connectivity index (χ0) is 14.5. The Morgan fingerprint density at radius 1 is 1.10 bits per heavy atom. The molecule has 0 aromatic carbocycles. The Kier molecular flexibility index (Phi) is 4.43. The van der Waals surface area contributed by atoms with E-state index in [1.807, 2.05) is 30.5 Å². The maximum absolute atomic E-state index is 12.1. The Morgan fingerprint density at radius 2 is 1.90 bits per heavy atom. The number of aromatic nitrogens is 3. The molecule has 2 aromatic rings. The highest BCUT2D eigenvalue weighted by Crippen LogP contribution is 2.27. The van der Waals surface area contributed by atoms with Crippen LogP contribution in [0.15, 0.2) is 36.7 Å². The van der Waals surface area contributed by atoms with E-state index in [0.717, 1.165) is 11.4 Å². The lowest BCUT2D eigenvalue weighted by atomic mass is 9.96. The summed E-state index contributed by atoms with van der Waals surface area (Å²) in [5.74, 6) is 0.169. The summed E-state index contributed by atoms with van der Waals surface area (Å²) in [5, 5.41) is 4.59. The Hall–Kier alpha value is -1.97. The van der Waals surface area contributed by atoms with Gasteiger partial charge in [0.25, 0.3) is 0 Å². The number of Topliss-reactive ketones (excluding diaryl/α,β-unsaturated/α-hetero) is 1. The molecule has 0 saturated heterocycles. The van der Waals surface area contributed by atoms with Crippen LogP contribution in [0.25, 0.3) is 0 Å². The Bertz CT molecular complexity index is 585. The number of pyridine rings is 1. The third-order valence-electron chi connectivity index (χ3n) is 4.10. The van der Waals surface area contributed by atoms with Crippen molar-refractivity contribution in [1.82, 2.24) is 14.8 Å². The van der Waals surface area contributed by atoms with Gasteiger partial charge in [-0.3, -0.25) is 14.5 Å². The molecule has 0 aliphatic heterocycles. The predicted molar refractivity (Wildman–Crippen MR) is 81.0 cm³/mol. The van der Waals surface area contributed by atoms with Crippen LogP contribution in [0.4, 0.5) is 0 Å². The van der Waals surface area contributed by atoms with Gasteiger partial charge in [-0.25, -0.2) is 0 Å². The molecule has 0 radical (unpaired) electrons. The minimum absolute atomic E-state index is 0.169. The van der Waals surface area contributed by atoms with Gasteiger partial charge in [-0.15, -0.1) is 0 Å². The van der Waals surface area contributed by atoms with Crippen LogP contribution in [0.3, 0.4) is 0 Å². The van der Waals surface area contributed by atoms with E-state index >= 15 is 0 Å². The molecule has 0 bridgehead atoms. The van der Waals surface area contributed by atoms with Crippen LogP contribution in [0.5, 0.6) is 0 Å². The summed E-state index contributed by atoms with van der Waals surface area (Å²) in [4.78, 5) is 16.3. The molecule has 3 rings (SSSR count). The Balaban J connectivity index is 1.57. The molecule has 0 N–H and O–H groups in total. The van der Waals surface area contributed by atoms with Crippen molar-refractivity contribution in [3.8, 4) is 0 Å². The lowest BCUT2D eigenvalue weighted by Gasteiger charge is -2.21. The molecular weight excluding hydrogens is 262 g/mol. The third-order valence-corrected chi connectivity index (χ3v) is 4.10. The van der Waals surface area contributed by atoms with E-state index in [4.69, 9.17) is 0 Å². The molecule has 1 fully saturated rings. The average molecular weight is 283 g/mol.